The molecule has 0 atom stereocenters. The number of rotatable bonds is 7. The summed E-state index contributed by atoms with van der Waals surface area (Å²) >= 11 is 0. The van der Waals surface area contributed by atoms with E-state index in [9.17, 15) is 9.59 Å². The Morgan fingerprint density at radius 1 is 0.760 bits per heavy atom. The van der Waals surface area contributed by atoms with E-state index in [-0.39, 0.29) is 12.4 Å². The summed E-state index contributed by atoms with van der Waals surface area (Å²) in [6, 6.07) is 10.8. The number of carbonyl (C=O) groups is 2. The molecular weight excluding hydrogens is 312 g/mol. The third-order valence-corrected chi connectivity index (χ3v) is 4.53. The molecule has 0 saturated carbocycles. The molecule has 132 valence electrons. The molecule has 0 amide bonds. The summed E-state index contributed by atoms with van der Waals surface area (Å²) in [5, 5.41) is 0. The van der Waals surface area contributed by atoms with Crippen LogP contribution in [0.5, 0.6) is 0 Å². The maximum Gasteiger partial charge on any atom is 0.338 e. The number of carbonyl (C=O) groups excluding carboxylic acids is 2. The molecule has 2 aromatic carbocycles. The molecule has 3 heteroatoms. The van der Waals surface area contributed by atoms with E-state index in [2.05, 4.69) is 20.8 Å². The summed E-state index contributed by atoms with van der Waals surface area (Å²) in [4.78, 5) is 25.4. The van der Waals surface area contributed by atoms with Gasteiger partial charge in [-0.15, -0.1) is 0 Å². The van der Waals surface area contributed by atoms with E-state index in [0.717, 1.165) is 24.8 Å². The summed E-state index contributed by atoms with van der Waals surface area (Å²) in [6.07, 6.45) is 2.64. The molecule has 2 aromatic rings. The first-order valence-electron chi connectivity index (χ1n) is 9.03. The van der Waals surface area contributed by atoms with Gasteiger partial charge in [0.25, 0.3) is 0 Å². The predicted octanol–water partition coefficient (Wildman–Crippen LogP) is 4.78. The van der Waals surface area contributed by atoms with E-state index in [0.29, 0.717) is 16.7 Å². The third-order valence-electron chi connectivity index (χ3n) is 4.53. The Kier molecular flexibility index (Phi) is 6.51. The molecule has 0 saturated heterocycles. The lowest BCUT2D eigenvalue weighted by molar-refractivity contribution is 0.0523. The zero-order chi connectivity index (χ0) is 18.4. The predicted molar refractivity (Wildman–Crippen MR) is 100 cm³/mol. The molecule has 3 nitrogen and oxygen atoms in total. The van der Waals surface area contributed by atoms with E-state index in [1.54, 1.807) is 31.2 Å². The smallest absolute Gasteiger partial charge is 0.338 e. The van der Waals surface area contributed by atoms with Crippen LogP contribution >= 0.6 is 0 Å². The Morgan fingerprint density at radius 3 is 1.96 bits per heavy atom. The van der Waals surface area contributed by atoms with Crippen molar-refractivity contribution in [2.75, 3.05) is 6.61 Å². The second-order valence-electron chi connectivity index (χ2n) is 5.89. The monoisotopic (exact) mass is 338 g/mol. The van der Waals surface area contributed by atoms with Crippen LogP contribution in [-0.2, 0) is 24.0 Å². The number of benzene rings is 2. The zero-order valence-corrected chi connectivity index (χ0v) is 15.5. The zero-order valence-electron chi connectivity index (χ0n) is 15.5. The second-order valence-corrected chi connectivity index (χ2v) is 5.89. The number of hydrogen-bond donors (Lipinski definition) is 0. The van der Waals surface area contributed by atoms with E-state index >= 15 is 0 Å². The fourth-order valence-corrected chi connectivity index (χ4v) is 3.34. The Bertz CT molecular complexity index is 775. The Morgan fingerprint density at radius 2 is 1.40 bits per heavy atom. The van der Waals surface area contributed by atoms with Crippen LogP contribution in [0.4, 0.5) is 0 Å². The lowest BCUT2D eigenvalue weighted by atomic mass is 9.87. The minimum atomic E-state index is -0.453. The molecule has 2 rings (SSSR count). The number of hydrogen-bond acceptors (Lipinski definition) is 3. The van der Waals surface area contributed by atoms with Crippen LogP contribution in [0.15, 0.2) is 36.4 Å². The van der Waals surface area contributed by atoms with Crippen molar-refractivity contribution in [3.05, 3.63) is 69.8 Å². The molecule has 0 spiro atoms. The van der Waals surface area contributed by atoms with Gasteiger partial charge in [0.05, 0.1) is 12.2 Å². The fraction of sp³-hybridized carbons (Fsp3) is 0.364. The van der Waals surface area contributed by atoms with Gasteiger partial charge in [0.15, 0.2) is 5.78 Å². The van der Waals surface area contributed by atoms with Crippen molar-refractivity contribution in [2.24, 2.45) is 0 Å². The van der Waals surface area contributed by atoms with Crippen LogP contribution in [0.1, 0.15) is 70.7 Å². The highest BCUT2D eigenvalue weighted by molar-refractivity contribution is 6.15. The first-order valence-corrected chi connectivity index (χ1v) is 9.03. The van der Waals surface area contributed by atoms with Gasteiger partial charge in [0.2, 0.25) is 0 Å². The van der Waals surface area contributed by atoms with Crippen molar-refractivity contribution in [1.29, 1.82) is 0 Å². The van der Waals surface area contributed by atoms with Gasteiger partial charge in [0.1, 0.15) is 0 Å². The summed E-state index contributed by atoms with van der Waals surface area (Å²) in [5.41, 5.74) is 5.05. The molecule has 0 N–H and O–H groups in total. The number of aryl methyl sites for hydroxylation is 1. The van der Waals surface area contributed by atoms with Crippen molar-refractivity contribution in [2.45, 2.75) is 47.0 Å². The maximum absolute atomic E-state index is 13.2. The van der Waals surface area contributed by atoms with Gasteiger partial charge in [-0.1, -0.05) is 51.1 Å². The standard InChI is InChI=1S/C22H26O3/c1-5-15-13-14-19(17(7-3)16(15)6-2)21(23)18-11-9-10-12-20(18)22(24)25-8-4/h9-14H,5-8H2,1-4H3. The van der Waals surface area contributed by atoms with Gasteiger partial charge in [0, 0.05) is 11.1 Å². The summed E-state index contributed by atoms with van der Waals surface area (Å²) in [6.45, 7) is 8.36. The van der Waals surface area contributed by atoms with Crippen molar-refractivity contribution in [1.82, 2.24) is 0 Å². The number of esters is 1. The molecule has 0 aliphatic rings. The minimum Gasteiger partial charge on any atom is -0.462 e. The number of ketones is 1. The summed E-state index contributed by atoms with van der Waals surface area (Å²) < 4.78 is 5.10. The molecular formula is C22H26O3. The van der Waals surface area contributed by atoms with E-state index in [4.69, 9.17) is 4.74 Å². The number of ether oxygens (including phenoxy) is 1. The van der Waals surface area contributed by atoms with Crippen LogP contribution in [-0.4, -0.2) is 18.4 Å². The molecule has 0 radical (unpaired) electrons. The highest BCUT2D eigenvalue weighted by Gasteiger charge is 2.22. The van der Waals surface area contributed by atoms with Gasteiger partial charge in [-0.3, -0.25) is 4.79 Å². The third kappa shape index (κ3) is 3.81. The summed E-state index contributed by atoms with van der Waals surface area (Å²) in [7, 11) is 0. The molecule has 0 aromatic heterocycles. The highest BCUT2D eigenvalue weighted by atomic mass is 16.5. The largest absolute Gasteiger partial charge is 0.462 e. The SMILES string of the molecule is CCOC(=O)c1ccccc1C(=O)c1ccc(CC)c(CC)c1CC. The molecule has 0 aliphatic heterocycles. The van der Waals surface area contributed by atoms with Gasteiger partial charge in [-0.2, -0.15) is 0 Å². The average molecular weight is 338 g/mol. The van der Waals surface area contributed by atoms with Gasteiger partial charge < -0.3 is 4.74 Å². The highest BCUT2D eigenvalue weighted by Crippen LogP contribution is 2.25. The fourth-order valence-electron chi connectivity index (χ4n) is 3.34. The van der Waals surface area contributed by atoms with Gasteiger partial charge in [-0.05, 0) is 48.9 Å². The Labute approximate surface area is 150 Å². The summed E-state index contributed by atoms with van der Waals surface area (Å²) in [5.74, 6) is -0.566. The quantitative estimate of drug-likeness (QED) is 0.539. The van der Waals surface area contributed by atoms with Crippen LogP contribution in [0, 0.1) is 0 Å². The topological polar surface area (TPSA) is 43.4 Å². The average Bonchev–Trinajstić information content (AvgIpc) is 2.66. The van der Waals surface area contributed by atoms with Crippen LogP contribution < -0.4 is 0 Å². The van der Waals surface area contributed by atoms with Gasteiger partial charge >= 0.3 is 5.97 Å². The molecule has 0 heterocycles. The molecule has 0 fully saturated rings. The maximum atomic E-state index is 13.2. The van der Waals surface area contributed by atoms with Crippen molar-refractivity contribution in [3.8, 4) is 0 Å². The van der Waals surface area contributed by atoms with Crippen molar-refractivity contribution < 1.29 is 14.3 Å². The van der Waals surface area contributed by atoms with E-state index < -0.39 is 5.97 Å². The van der Waals surface area contributed by atoms with Gasteiger partial charge in [-0.25, -0.2) is 4.79 Å². The first-order chi connectivity index (χ1) is 12.1. The molecule has 0 bridgehead atoms. The second kappa shape index (κ2) is 8.61. The van der Waals surface area contributed by atoms with Crippen molar-refractivity contribution >= 4 is 11.8 Å². The Balaban J connectivity index is 2.58. The molecule has 0 unspecified atom stereocenters. The molecule has 0 aliphatic carbocycles. The Hall–Kier alpha value is -2.42. The lowest BCUT2D eigenvalue weighted by Crippen LogP contribution is -2.15. The minimum absolute atomic E-state index is 0.113. The van der Waals surface area contributed by atoms with Crippen molar-refractivity contribution in [3.63, 3.8) is 0 Å². The van der Waals surface area contributed by atoms with E-state index in [1.807, 2.05) is 12.1 Å². The molecule has 25 heavy (non-hydrogen) atoms. The van der Waals surface area contributed by atoms with E-state index in [1.165, 1.54) is 11.1 Å². The lowest BCUT2D eigenvalue weighted by Gasteiger charge is -2.17. The van der Waals surface area contributed by atoms with Crippen LogP contribution in [0.3, 0.4) is 0 Å². The normalized spacial score (nSPS) is 10.6. The van der Waals surface area contributed by atoms with Crippen LogP contribution in [0.2, 0.25) is 0 Å². The van der Waals surface area contributed by atoms with Crippen LogP contribution in [0.25, 0.3) is 0 Å². The first kappa shape index (κ1) is 18.9.